The molecule has 0 aliphatic heterocycles. The number of hydrogen-bond donors (Lipinski definition) is 0. The van der Waals surface area contributed by atoms with E-state index in [9.17, 15) is 21.0 Å². The van der Waals surface area contributed by atoms with Gasteiger partial charge < -0.3 is 0 Å². The average Bonchev–Trinajstić information content (AvgIpc) is 3.67. The van der Waals surface area contributed by atoms with Gasteiger partial charge in [-0.2, -0.15) is 47.4 Å². The van der Waals surface area contributed by atoms with Gasteiger partial charge in [-0.15, -0.1) is 22.7 Å². The molecule has 0 radical (unpaired) electrons. The van der Waals surface area contributed by atoms with E-state index in [-0.39, 0.29) is 19.5 Å². The normalized spacial score (nSPS) is 15.7. The van der Waals surface area contributed by atoms with E-state index in [0.29, 0.717) is 11.1 Å². The zero-order chi connectivity index (χ0) is 32.6. The molecule has 0 N–H and O–H groups in total. The van der Waals surface area contributed by atoms with Crippen molar-refractivity contribution >= 4 is 46.0 Å². The van der Waals surface area contributed by atoms with Crippen molar-refractivity contribution in [3.63, 3.8) is 0 Å². The van der Waals surface area contributed by atoms with Crippen LogP contribution >= 0.6 is 22.7 Å². The summed E-state index contributed by atoms with van der Waals surface area (Å²) in [4.78, 5) is -0.143. The van der Waals surface area contributed by atoms with Crippen LogP contribution in [0.2, 0.25) is 0 Å². The van der Waals surface area contributed by atoms with Gasteiger partial charge in [-0.05, 0) is 35.4 Å². The Kier molecular flexibility index (Phi) is 8.00. The summed E-state index contributed by atoms with van der Waals surface area (Å²) >= 11 is 1.50. The first kappa shape index (κ1) is 31.0. The fourth-order valence-corrected chi connectivity index (χ4v) is 7.01. The molecule has 2 heterocycles. The number of rotatable bonds is 6. The van der Waals surface area contributed by atoms with Crippen LogP contribution < -0.4 is 0 Å². The Balaban J connectivity index is 1.94. The van der Waals surface area contributed by atoms with Crippen molar-refractivity contribution in [2.75, 3.05) is 0 Å². The van der Waals surface area contributed by atoms with Gasteiger partial charge in [0.2, 0.25) is 0 Å². The van der Waals surface area contributed by atoms with Gasteiger partial charge in [0.15, 0.2) is 0 Å². The monoisotopic (exact) mass is 644 g/mol. The van der Waals surface area contributed by atoms with Gasteiger partial charge in [-0.3, -0.25) is 0 Å². The Morgan fingerprint density at radius 2 is 0.889 bits per heavy atom. The minimum Gasteiger partial charge on any atom is -0.194 e. The van der Waals surface area contributed by atoms with Crippen LogP contribution in [0.15, 0.2) is 83.9 Å². The van der Waals surface area contributed by atoms with Crippen molar-refractivity contribution in [3.05, 3.63) is 105 Å². The molecule has 0 fully saturated rings. The molecule has 0 atom stereocenters. The molecule has 0 saturated carbocycles. The second-order valence-electron chi connectivity index (χ2n) is 9.55. The van der Waals surface area contributed by atoms with Gasteiger partial charge in [0, 0.05) is 41.8 Å². The first-order chi connectivity index (χ1) is 21.4. The lowest BCUT2D eigenvalue weighted by molar-refractivity contribution is -0.254. The third-order valence-corrected chi connectivity index (χ3v) is 9.14. The van der Waals surface area contributed by atoms with Gasteiger partial charge in [-0.25, -0.2) is 0 Å². The van der Waals surface area contributed by atoms with Crippen LogP contribution in [0.4, 0.5) is 26.3 Å². The molecule has 2 aromatic heterocycles. The van der Waals surface area contributed by atoms with Crippen LogP contribution in [-0.2, 0) is 0 Å². The maximum absolute atomic E-state index is 15.9. The number of nitrogens with zero attached hydrogens (tertiary/aromatic N) is 4. The zero-order valence-corrected chi connectivity index (χ0v) is 24.1. The zero-order valence-electron chi connectivity index (χ0n) is 22.5. The number of allylic oxidation sites excluding steroid dienone is 4. The third-order valence-electron chi connectivity index (χ3n) is 6.88. The highest BCUT2D eigenvalue weighted by Crippen LogP contribution is 2.66. The molecule has 0 spiro atoms. The minimum absolute atomic E-state index is 0.222. The molecule has 0 saturated heterocycles. The molecule has 0 bridgehead atoms. The number of benzene rings is 2. The SMILES string of the molecule is N#CC(C#N)=Cc1sc(-c2ccccc2)cc1C1=C(c2cc(-c3ccccc3)sc2C=C(C#N)C#N)C(F)(F)C(F)(F)C1(F)F. The van der Waals surface area contributed by atoms with Crippen molar-refractivity contribution in [1.29, 1.82) is 21.0 Å². The lowest BCUT2D eigenvalue weighted by Crippen LogP contribution is -2.48. The maximum Gasteiger partial charge on any atom is 0.380 e. The molecular weight excluding hydrogens is 631 g/mol. The molecule has 0 unspecified atom stereocenters. The topological polar surface area (TPSA) is 95.2 Å². The predicted octanol–water partition coefficient (Wildman–Crippen LogP) is 9.84. The van der Waals surface area contributed by atoms with E-state index in [4.69, 9.17) is 0 Å². The third kappa shape index (κ3) is 5.11. The van der Waals surface area contributed by atoms with Gasteiger partial charge >= 0.3 is 17.8 Å². The molecule has 45 heavy (non-hydrogen) atoms. The molecule has 12 heteroatoms. The second kappa shape index (κ2) is 11.6. The number of nitriles is 4. The summed E-state index contributed by atoms with van der Waals surface area (Å²) in [6, 6.07) is 24.5. The van der Waals surface area contributed by atoms with E-state index < -0.39 is 51.2 Å². The standard InChI is InChI=1S/C33H14F6N4S2/c34-31(35)29(23-13-25(21-7-3-1-4-8-21)44-27(23)11-19(15-40)16-41)30(32(36,37)33(31,38)39)24-14-26(22-9-5-2-6-10-22)45-28(24)12-20(17-42)18-43/h1-14H. The molecule has 4 nitrogen and oxygen atoms in total. The molecule has 2 aromatic carbocycles. The maximum atomic E-state index is 15.9. The Hall–Kier alpha value is -5.40. The van der Waals surface area contributed by atoms with E-state index in [1.54, 1.807) is 84.9 Å². The van der Waals surface area contributed by atoms with Crippen molar-refractivity contribution in [3.8, 4) is 45.2 Å². The summed E-state index contributed by atoms with van der Waals surface area (Å²) in [6.45, 7) is 0. The van der Waals surface area contributed by atoms with Crippen LogP contribution in [0.3, 0.4) is 0 Å². The highest BCUT2D eigenvalue weighted by molar-refractivity contribution is 7.17. The van der Waals surface area contributed by atoms with Crippen LogP contribution in [0.25, 0.3) is 44.2 Å². The number of thiophene rings is 2. The van der Waals surface area contributed by atoms with Crippen molar-refractivity contribution < 1.29 is 26.3 Å². The van der Waals surface area contributed by atoms with E-state index >= 15 is 26.3 Å². The van der Waals surface area contributed by atoms with Crippen LogP contribution in [0, 0.1) is 45.3 Å². The van der Waals surface area contributed by atoms with E-state index in [2.05, 4.69) is 0 Å². The smallest absolute Gasteiger partial charge is 0.194 e. The highest BCUT2D eigenvalue weighted by Gasteiger charge is 2.80. The summed E-state index contributed by atoms with van der Waals surface area (Å²) < 4.78 is 94.2. The van der Waals surface area contributed by atoms with E-state index in [0.717, 1.165) is 47.0 Å². The lowest BCUT2D eigenvalue weighted by Gasteiger charge is -2.25. The quantitative estimate of drug-likeness (QED) is 0.154. The van der Waals surface area contributed by atoms with Crippen LogP contribution in [-0.4, -0.2) is 17.8 Å². The van der Waals surface area contributed by atoms with Crippen molar-refractivity contribution in [2.24, 2.45) is 0 Å². The Morgan fingerprint density at radius 3 is 1.20 bits per heavy atom. The summed E-state index contributed by atoms with van der Waals surface area (Å²) in [7, 11) is 0. The molecule has 5 rings (SSSR count). The minimum atomic E-state index is -5.91. The van der Waals surface area contributed by atoms with Crippen LogP contribution in [0.1, 0.15) is 20.9 Å². The lowest BCUT2D eigenvalue weighted by atomic mass is 9.93. The Morgan fingerprint density at radius 1 is 0.556 bits per heavy atom. The molecular formula is C33H14F6N4S2. The molecule has 0 amide bonds. The average molecular weight is 645 g/mol. The molecule has 1 aliphatic carbocycles. The molecule has 1 aliphatic rings. The Labute approximate surface area is 260 Å². The number of halogens is 6. The van der Waals surface area contributed by atoms with E-state index in [1.807, 2.05) is 0 Å². The van der Waals surface area contributed by atoms with Gasteiger partial charge in [0.25, 0.3) is 0 Å². The van der Waals surface area contributed by atoms with Gasteiger partial charge in [0.1, 0.15) is 35.4 Å². The largest absolute Gasteiger partial charge is 0.380 e. The first-order valence-corrected chi connectivity index (χ1v) is 14.4. The summed E-state index contributed by atoms with van der Waals surface area (Å²) in [5.41, 5.74) is -5.09. The van der Waals surface area contributed by atoms with Crippen molar-refractivity contribution in [2.45, 2.75) is 17.8 Å². The number of hydrogen-bond acceptors (Lipinski definition) is 6. The molecule has 4 aromatic rings. The fourth-order valence-electron chi connectivity index (χ4n) is 4.78. The molecule has 220 valence electrons. The van der Waals surface area contributed by atoms with Gasteiger partial charge in [-0.1, -0.05) is 60.7 Å². The predicted molar refractivity (Wildman–Crippen MR) is 160 cm³/mol. The van der Waals surface area contributed by atoms with Crippen LogP contribution in [0.5, 0.6) is 0 Å². The Bertz CT molecular complexity index is 1900. The second-order valence-corrected chi connectivity index (χ2v) is 11.7. The van der Waals surface area contributed by atoms with E-state index in [1.165, 1.54) is 0 Å². The fraction of sp³-hybridized carbons (Fsp3) is 0.0909. The summed E-state index contributed by atoms with van der Waals surface area (Å²) in [5, 5.41) is 37.4. The highest BCUT2D eigenvalue weighted by atomic mass is 32.1. The summed E-state index contributed by atoms with van der Waals surface area (Å²) in [5.74, 6) is -16.8. The first-order valence-electron chi connectivity index (χ1n) is 12.7. The summed E-state index contributed by atoms with van der Waals surface area (Å²) in [6.07, 6.45) is 1.77. The van der Waals surface area contributed by atoms with Gasteiger partial charge in [0.05, 0.1) is 0 Å². The number of alkyl halides is 6. The van der Waals surface area contributed by atoms with Crippen molar-refractivity contribution in [1.82, 2.24) is 0 Å².